The summed E-state index contributed by atoms with van der Waals surface area (Å²) < 4.78 is 6.07. The van der Waals surface area contributed by atoms with Gasteiger partial charge in [0, 0.05) is 32.8 Å². The number of oxazole rings is 1. The average molecular weight is 721 g/mol. The SMILES string of the molecule is CC(C)(C)c1cc(-c2[c-]c(-c3cccc4oc(-c5ccccc5O)nc34)ccc2)c2nccc(C(C)(C)C)c2c1.[Pt]. The normalized spacial score (nSPS) is 12.0. The number of pyridine rings is 1. The number of phenols is 1. The Kier molecular flexibility index (Phi) is 7.42. The Labute approximate surface area is 255 Å². The van der Waals surface area contributed by atoms with Crippen LogP contribution in [0.3, 0.4) is 0 Å². The van der Waals surface area contributed by atoms with E-state index in [9.17, 15) is 5.11 Å². The van der Waals surface area contributed by atoms with Crippen molar-refractivity contribution in [2.45, 2.75) is 52.4 Å². The molecule has 4 aromatic carbocycles. The molecular formula is C36H33N2O2Pt-. The van der Waals surface area contributed by atoms with Gasteiger partial charge in [-0.25, -0.2) is 4.98 Å². The molecular weight excluding hydrogens is 687 g/mol. The Balaban J connectivity index is 0.00000337. The second kappa shape index (κ2) is 10.6. The van der Waals surface area contributed by atoms with Gasteiger partial charge in [0.05, 0.1) is 11.1 Å². The maximum Gasteiger partial charge on any atom is 0.230 e. The van der Waals surface area contributed by atoms with Crippen LogP contribution in [0.1, 0.15) is 52.7 Å². The third kappa shape index (κ3) is 5.34. The van der Waals surface area contributed by atoms with Crippen molar-refractivity contribution in [1.29, 1.82) is 0 Å². The fraction of sp³-hybridized carbons (Fsp3) is 0.222. The predicted octanol–water partition coefficient (Wildman–Crippen LogP) is 9.48. The summed E-state index contributed by atoms with van der Waals surface area (Å²) in [5.41, 5.74) is 9.32. The van der Waals surface area contributed by atoms with Crippen LogP contribution in [0.4, 0.5) is 0 Å². The Hall–Kier alpha value is -3.75. The molecule has 6 aromatic rings. The molecule has 0 amide bonds. The third-order valence-corrected chi connectivity index (χ3v) is 7.45. The van der Waals surface area contributed by atoms with Gasteiger partial charge in [-0.3, -0.25) is 4.98 Å². The van der Waals surface area contributed by atoms with E-state index < -0.39 is 0 Å². The van der Waals surface area contributed by atoms with E-state index in [1.54, 1.807) is 18.2 Å². The molecule has 1 N–H and O–H groups in total. The molecule has 0 spiro atoms. The van der Waals surface area contributed by atoms with E-state index in [1.165, 1.54) is 16.5 Å². The van der Waals surface area contributed by atoms with Crippen molar-refractivity contribution in [3.8, 4) is 39.5 Å². The van der Waals surface area contributed by atoms with Crippen molar-refractivity contribution in [3.63, 3.8) is 0 Å². The number of aromatic hydroxyl groups is 1. The number of hydrogen-bond donors (Lipinski definition) is 1. The largest absolute Gasteiger partial charge is 0.507 e. The van der Waals surface area contributed by atoms with Crippen LogP contribution >= 0.6 is 0 Å². The van der Waals surface area contributed by atoms with E-state index >= 15 is 0 Å². The van der Waals surface area contributed by atoms with Gasteiger partial charge in [-0.2, -0.15) is 0 Å². The molecule has 6 rings (SSSR count). The molecule has 0 saturated heterocycles. The van der Waals surface area contributed by atoms with Crippen LogP contribution in [0.25, 0.3) is 55.7 Å². The first kappa shape index (κ1) is 28.8. The minimum absolute atomic E-state index is 0. The van der Waals surface area contributed by atoms with E-state index in [1.807, 2.05) is 30.5 Å². The van der Waals surface area contributed by atoms with Crippen molar-refractivity contribution < 1.29 is 30.6 Å². The van der Waals surface area contributed by atoms with Gasteiger partial charge in [0.25, 0.3) is 0 Å². The fourth-order valence-electron chi connectivity index (χ4n) is 5.27. The predicted molar refractivity (Wildman–Crippen MR) is 164 cm³/mol. The van der Waals surface area contributed by atoms with Crippen molar-refractivity contribution >= 4 is 22.0 Å². The van der Waals surface area contributed by atoms with Crippen LogP contribution in [-0.4, -0.2) is 15.1 Å². The van der Waals surface area contributed by atoms with Crippen molar-refractivity contribution in [3.05, 3.63) is 102 Å². The molecule has 0 bridgehead atoms. The zero-order valence-corrected chi connectivity index (χ0v) is 26.4. The fourth-order valence-corrected chi connectivity index (χ4v) is 5.27. The van der Waals surface area contributed by atoms with E-state index in [0.717, 1.165) is 33.3 Å². The second-order valence-corrected chi connectivity index (χ2v) is 12.4. The molecule has 4 nitrogen and oxygen atoms in total. The van der Waals surface area contributed by atoms with Gasteiger partial charge >= 0.3 is 0 Å². The van der Waals surface area contributed by atoms with Crippen molar-refractivity contribution in [1.82, 2.24) is 9.97 Å². The molecule has 0 atom stereocenters. The van der Waals surface area contributed by atoms with Crippen LogP contribution in [0.2, 0.25) is 0 Å². The van der Waals surface area contributed by atoms with Crippen molar-refractivity contribution in [2.75, 3.05) is 0 Å². The van der Waals surface area contributed by atoms with Crippen molar-refractivity contribution in [2.24, 2.45) is 0 Å². The molecule has 0 aliphatic heterocycles. The maximum absolute atomic E-state index is 10.4. The summed E-state index contributed by atoms with van der Waals surface area (Å²) in [6, 6.07) is 29.6. The number of aromatic nitrogens is 2. The zero-order chi connectivity index (χ0) is 28.2. The number of phenolic OH excluding ortho intramolecular Hbond substituents is 1. The summed E-state index contributed by atoms with van der Waals surface area (Å²) in [6.07, 6.45) is 1.92. The quantitative estimate of drug-likeness (QED) is 0.185. The standard InChI is InChI=1S/C36H33N2O2.Pt/c1-35(2,3)24-20-27(32-28(21-24)29(17-18-37-32)36(4,5)6)23-12-9-11-22(19-23)25-14-10-16-31-33(25)38-34(40-31)26-13-7-8-15-30(26)39;/h7-18,20-21,39H,1-6H3;/q-1;. The molecule has 0 unspecified atom stereocenters. The topological polar surface area (TPSA) is 59.2 Å². The molecule has 5 heteroatoms. The number of para-hydroxylation sites is 2. The number of benzene rings is 4. The first-order valence-electron chi connectivity index (χ1n) is 13.7. The van der Waals surface area contributed by atoms with E-state index in [4.69, 9.17) is 14.4 Å². The van der Waals surface area contributed by atoms with Gasteiger partial charge in [0.15, 0.2) is 0 Å². The minimum Gasteiger partial charge on any atom is -0.507 e. The maximum atomic E-state index is 10.4. The summed E-state index contributed by atoms with van der Waals surface area (Å²) in [4.78, 5) is 9.68. The molecule has 0 aliphatic carbocycles. The number of fused-ring (bicyclic) bond motifs is 2. The first-order valence-corrected chi connectivity index (χ1v) is 13.7. The molecule has 210 valence electrons. The summed E-state index contributed by atoms with van der Waals surface area (Å²) in [7, 11) is 0. The van der Waals surface area contributed by atoms with Gasteiger partial charge in [-0.1, -0.05) is 89.1 Å². The Bertz CT molecular complexity index is 1890. The first-order chi connectivity index (χ1) is 19.0. The van der Waals surface area contributed by atoms with Crippen LogP contribution < -0.4 is 0 Å². The van der Waals surface area contributed by atoms with Crippen LogP contribution in [0.5, 0.6) is 5.75 Å². The number of nitrogens with zero attached hydrogens (tertiary/aromatic N) is 2. The smallest absolute Gasteiger partial charge is 0.230 e. The molecule has 0 saturated carbocycles. The number of rotatable bonds is 3. The van der Waals surface area contributed by atoms with Gasteiger partial charge in [-0.15, -0.1) is 35.4 Å². The third-order valence-electron chi connectivity index (χ3n) is 7.45. The van der Waals surface area contributed by atoms with E-state index in [0.29, 0.717) is 17.0 Å². The molecule has 0 radical (unpaired) electrons. The van der Waals surface area contributed by atoms with Gasteiger partial charge in [0.2, 0.25) is 5.89 Å². The van der Waals surface area contributed by atoms with Gasteiger partial charge < -0.3 is 9.52 Å². The number of hydrogen-bond acceptors (Lipinski definition) is 4. The molecule has 2 heterocycles. The summed E-state index contributed by atoms with van der Waals surface area (Å²) in [5, 5.41) is 11.5. The monoisotopic (exact) mass is 720 g/mol. The second-order valence-electron chi connectivity index (χ2n) is 12.4. The zero-order valence-electron chi connectivity index (χ0n) is 24.1. The Morgan fingerprint density at radius 1 is 0.707 bits per heavy atom. The molecule has 0 aliphatic rings. The molecule has 41 heavy (non-hydrogen) atoms. The minimum atomic E-state index is -0.0305. The Morgan fingerprint density at radius 3 is 2.10 bits per heavy atom. The van der Waals surface area contributed by atoms with Gasteiger partial charge in [-0.05, 0) is 51.6 Å². The van der Waals surface area contributed by atoms with Crippen LogP contribution in [0.15, 0.2) is 89.5 Å². The Morgan fingerprint density at radius 2 is 1.39 bits per heavy atom. The molecule has 2 aromatic heterocycles. The van der Waals surface area contributed by atoms with E-state index in [2.05, 4.69) is 84.0 Å². The van der Waals surface area contributed by atoms with Crippen LogP contribution in [-0.2, 0) is 31.9 Å². The van der Waals surface area contributed by atoms with E-state index in [-0.39, 0.29) is 37.6 Å². The average Bonchev–Trinajstić information content (AvgIpc) is 3.35. The summed E-state index contributed by atoms with van der Waals surface area (Å²) in [5.74, 6) is 0.524. The van der Waals surface area contributed by atoms with Crippen LogP contribution in [0, 0.1) is 6.07 Å². The summed E-state index contributed by atoms with van der Waals surface area (Å²) >= 11 is 0. The molecule has 0 fully saturated rings. The summed E-state index contributed by atoms with van der Waals surface area (Å²) in [6.45, 7) is 13.5. The van der Waals surface area contributed by atoms with Gasteiger partial charge in [0.1, 0.15) is 11.3 Å².